The van der Waals surface area contributed by atoms with Gasteiger partial charge in [-0.3, -0.25) is 4.99 Å². The molecule has 2 fully saturated rings. The summed E-state index contributed by atoms with van der Waals surface area (Å²) in [5, 5.41) is 4.76. The van der Waals surface area contributed by atoms with Gasteiger partial charge in [-0.2, -0.15) is 0 Å². The van der Waals surface area contributed by atoms with Crippen LogP contribution in [0.5, 0.6) is 0 Å². The molecule has 0 spiro atoms. The molecular formula is C15H28N2OS. The molecule has 19 heavy (non-hydrogen) atoms. The third-order valence-corrected chi connectivity index (χ3v) is 5.48. The van der Waals surface area contributed by atoms with Gasteiger partial charge >= 0.3 is 0 Å². The van der Waals surface area contributed by atoms with Gasteiger partial charge in [-0.15, -0.1) is 0 Å². The van der Waals surface area contributed by atoms with E-state index in [2.05, 4.69) is 39.9 Å². The average molecular weight is 284 g/mol. The fourth-order valence-electron chi connectivity index (χ4n) is 2.84. The highest BCUT2D eigenvalue weighted by atomic mass is 32.2. The number of aliphatic imine (C=N–C) groups is 1. The van der Waals surface area contributed by atoms with Crippen molar-refractivity contribution in [3.8, 4) is 0 Å². The predicted octanol–water partition coefficient (Wildman–Crippen LogP) is 3.30. The van der Waals surface area contributed by atoms with E-state index < -0.39 is 0 Å². The van der Waals surface area contributed by atoms with Gasteiger partial charge in [0, 0.05) is 23.8 Å². The van der Waals surface area contributed by atoms with E-state index in [1.807, 2.05) is 11.8 Å². The van der Waals surface area contributed by atoms with Crippen LogP contribution in [0.15, 0.2) is 4.99 Å². The first-order valence-electron chi connectivity index (χ1n) is 7.53. The van der Waals surface area contributed by atoms with Crippen LogP contribution in [0.3, 0.4) is 0 Å². The summed E-state index contributed by atoms with van der Waals surface area (Å²) < 4.78 is 5.78. The van der Waals surface area contributed by atoms with Crippen molar-refractivity contribution in [2.75, 3.05) is 12.4 Å². The van der Waals surface area contributed by atoms with Gasteiger partial charge in [0.15, 0.2) is 5.17 Å². The Bertz CT molecular complexity index is 341. The van der Waals surface area contributed by atoms with Crippen molar-refractivity contribution in [2.24, 2.45) is 16.3 Å². The minimum absolute atomic E-state index is 0.177. The largest absolute Gasteiger partial charge is 0.378 e. The standard InChI is InChI=1S/C15H28N2OS/c1-6-18-13-9-12(15(13,4)5)17-14-16-11(10(2)3)7-8-19-14/h10-13H,6-9H2,1-5H3,(H,16,17). The van der Waals surface area contributed by atoms with Gasteiger partial charge < -0.3 is 10.1 Å². The Kier molecular flexibility index (Phi) is 4.83. The fourth-order valence-corrected chi connectivity index (χ4v) is 3.84. The Morgan fingerprint density at radius 1 is 1.47 bits per heavy atom. The van der Waals surface area contributed by atoms with Crippen molar-refractivity contribution in [1.82, 2.24) is 5.32 Å². The smallest absolute Gasteiger partial charge is 0.157 e. The Hall–Kier alpha value is -0.220. The molecule has 1 saturated heterocycles. The highest BCUT2D eigenvalue weighted by molar-refractivity contribution is 8.13. The summed E-state index contributed by atoms with van der Waals surface area (Å²) in [6.45, 7) is 12.0. The molecule has 3 nitrogen and oxygen atoms in total. The number of hydrogen-bond donors (Lipinski definition) is 1. The first-order valence-corrected chi connectivity index (χ1v) is 8.52. The van der Waals surface area contributed by atoms with Crippen LogP contribution in [0.25, 0.3) is 0 Å². The fraction of sp³-hybridized carbons (Fsp3) is 0.933. The van der Waals surface area contributed by atoms with Crippen LogP contribution >= 0.6 is 11.8 Å². The first-order chi connectivity index (χ1) is 8.95. The maximum atomic E-state index is 5.78. The van der Waals surface area contributed by atoms with E-state index >= 15 is 0 Å². The van der Waals surface area contributed by atoms with Crippen molar-refractivity contribution in [2.45, 2.75) is 65.6 Å². The Morgan fingerprint density at radius 3 is 2.79 bits per heavy atom. The normalized spacial score (nSPS) is 36.1. The highest BCUT2D eigenvalue weighted by Crippen LogP contribution is 2.45. The molecule has 1 saturated carbocycles. The number of thioether (sulfide) groups is 1. The topological polar surface area (TPSA) is 33.6 Å². The van der Waals surface area contributed by atoms with Gasteiger partial charge in [0.1, 0.15) is 0 Å². The van der Waals surface area contributed by atoms with Gasteiger partial charge in [0.2, 0.25) is 0 Å². The van der Waals surface area contributed by atoms with Gasteiger partial charge in [0.05, 0.1) is 12.1 Å². The van der Waals surface area contributed by atoms with E-state index in [-0.39, 0.29) is 5.41 Å². The molecule has 1 aliphatic carbocycles. The third kappa shape index (κ3) is 3.27. The summed E-state index contributed by atoms with van der Waals surface area (Å²) in [7, 11) is 0. The van der Waals surface area contributed by atoms with E-state index in [0.29, 0.717) is 24.1 Å². The zero-order valence-electron chi connectivity index (χ0n) is 12.9. The molecule has 110 valence electrons. The van der Waals surface area contributed by atoms with Crippen LogP contribution in [0.4, 0.5) is 0 Å². The van der Waals surface area contributed by atoms with Crippen molar-refractivity contribution < 1.29 is 4.74 Å². The molecular weight excluding hydrogens is 256 g/mol. The molecule has 3 atom stereocenters. The van der Waals surface area contributed by atoms with Gasteiger partial charge in [-0.25, -0.2) is 0 Å². The van der Waals surface area contributed by atoms with Crippen LogP contribution in [0.2, 0.25) is 0 Å². The van der Waals surface area contributed by atoms with Gasteiger partial charge in [-0.05, 0) is 25.7 Å². The number of hydrogen-bond acceptors (Lipinski definition) is 3. The summed E-state index contributed by atoms with van der Waals surface area (Å²) in [6.07, 6.45) is 2.69. The lowest BCUT2D eigenvalue weighted by Crippen LogP contribution is -2.54. The molecule has 0 aromatic rings. The summed E-state index contributed by atoms with van der Waals surface area (Å²) >= 11 is 1.88. The Morgan fingerprint density at radius 2 is 2.21 bits per heavy atom. The Labute approximate surface area is 122 Å². The minimum atomic E-state index is 0.177. The van der Waals surface area contributed by atoms with Crippen LogP contribution in [-0.4, -0.2) is 35.7 Å². The first kappa shape index (κ1) is 15.2. The molecule has 1 N–H and O–H groups in total. The molecule has 0 aromatic carbocycles. The summed E-state index contributed by atoms with van der Waals surface area (Å²) in [5.74, 6) is 1.87. The molecule has 1 heterocycles. The van der Waals surface area contributed by atoms with E-state index in [0.717, 1.165) is 18.2 Å². The van der Waals surface area contributed by atoms with E-state index in [1.165, 1.54) is 12.2 Å². The summed E-state index contributed by atoms with van der Waals surface area (Å²) in [6, 6.07) is 0.996. The predicted molar refractivity (Wildman–Crippen MR) is 83.9 cm³/mol. The van der Waals surface area contributed by atoms with E-state index in [9.17, 15) is 0 Å². The lowest BCUT2D eigenvalue weighted by atomic mass is 9.65. The SMILES string of the molecule is CCOC1CC(N=C2NC(C(C)C)CCS2)C1(C)C. The highest BCUT2D eigenvalue weighted by Gasteiger charge is 2.49. The second-order valence-corrected chi connectivity index (χ2v) is 7.67. The zero-order chi connectivity index (χ0) is 14.0. The second kappa shape index (κ2) is 6.04. The maximum absolute atomic E-state index is 5.78. The third-order valence-electron chi connectivity index (χ3n) is 4.55. The summed E-state index contributed by atoms with van der Waals surface area (Å²) in [5.41, 5.74) is 0.177. The molecule has 4 heteroatoms. The number of ether oxygens (including phenoxy) is 1. The van der Waals surface area contributed by atoms with Crippen molar-refractivity contribution >= 4 is 16.9 Å². The number of nitrogens with one attached hydrogen (secondary N) is 1. The molecule has 3 unspecified atom stereocenters. The van der Waals surface area contributed by atoms with Crippen molar-refractivity contribution in [3.05, 3.63) is 0 Å². The molecule has 2 aliphatic rings. The van der Waals surface area contributed by atoms with Crippen LogP contribution in [0.1, 0.15) is 47.5 Å². The molecule has 0 amide bonds. The lowest BCUT2D eigenvalue weighted by Gasteiger charge is -2.49. The number of rotatable bonds is 4. The second-order valence-electron chi connectivity index (χ2n) is 6.58. The van der Waals surface area contributed by atoms with E-state index in [4.69, 9.17) is 9.73 Å². The quantitative estimate of drug-likeness (QED) is 0.860. The molecule has 0 aromatic heterocycles. The molecule has 2 rings (SSSR count). The van der Waals surface area contributed by atoms with Crippen LogP contribution in [-0.2, 0) is 4.74 Å². The minimum Gasteiger partial charge on any atom is -0.378 e. The van der Waals surface area contributed by atoms with Gasteiger partial charge in [-0.1, -0.05) is 39.5 Å². The molecule has 0 radical (unpaired) electrons. The maximum Gasteiger partial charge on any atom is 0.157 e. The number of nitrogens with zero attached hydrogens (tertiary/aromatic N) is 1. The lowest BCUT2D eigenvalue weighted by molar-refractivity contribution is -0.103. The summed E-state index contributed by atoms with van der Waals surface area (Å²) in [4.78, 5) is 4.95. The Balaban J connectivity index is 1.95. The van der Waals surface area contributed by atoms with Crippen LogP contribution in [0, 0.1) is 11.3 Å². The van der Waals surface area contributed by atoms with Crippen molar-refractivity contribution in [3.63, 3.8) is 0 Å². The molecule has 0 bridgehead atoms. The van der Waals surface area contributed by atoms with Crippen molar-refractivity contribution in [1.29, 1.82) is 0 Å². The molecule has 1 aliphatic heterocycles. The average Bonchev–Trinajstić information content (AvgIpc) is 2.38. The van der Waals surface area contributed by atoms with E-state index in [1.54, 1.807) is 0 Å². The number of amidine groups is 1. The van der Waals surface area contributed by atoms with Gasteiger partial charge in [0.25, 0.3) is 0 Å². The zero-order valence-corrected chi connectivity index (χ0v) is 13.7. The van der Waals surface area contributed by atoms with Crippen LogP contribution < -0.4 is 5.32 Å². The monoisotopic (exact) mass is 284 g/mol.